The van der Waals surface area contributed by atoms with Crippen molar-refractivity contribution < 1.29 is 19.4 Å². The topological polar surface area (TPSA) is 63.6 Å². The van der Waals surface area contributed by atoms with E-state index in [1.165, 1.54) is 13.0 Å². The average Bonchev–Trinajstić information content (AvgIpc) is 2.06. The Morgan fingerprint density at radius 3 is 2.92 bits per heavy atom. The summed E-state index contributed by atoms with van der Waals surface area (Å²) in [7, 11) is 0. The normalized spacial score (nSPS) is 41.8. The lowest BCUT2D eigenvalue weighted by Gasteiger charge is -2.40. The van der Waals surface area contributed by atoms with Crippen LogP contribution in [-0.4, -0.2) is 28.6 Å². The minimum absolute atomic E-state index is 0.0553. The van der Waals surface area contributed by atoms with Crippen molar-refractivity contribution in [2.45, 2.75) is 25.0 Å². The largest absolute Gasteiger partial charge is 0.455 e. The molecule has 1 fully saturated rings. The highest BCUT2D eigenvalue weighted by atomic mass is 16.6. The zero-order chi connectivity index (χ0) is 9.64. The number of rotatable bonds is 1. The number of esters is 1. The molecule has 0 saturated carbocycles. The summed E-state index contributed by atoms with van der Waals surface area (Å²) < 4.78 is 4.87. The Balaban J connectivity index is 2.34. The van der Waals surface area contributed by atoms with E-state index < -0.39 is 17.7 Å². The fraction of sp³-hybridized carbons (Fsp3) is 0.556. The fourth-order valence-corrected chi connectivity index (χ4v) is 1.78. The maximum absolute atomic E-state index is 11.1. The molecule has 1 N–H and O–H groups in total. The summed E-state index contributed by atoms with van der Waals surface area (Å²) in [5.41, 5.74) is -1.56. The van der Waals surface area contributed by atoms with Gasteiger partial charge in [-0.25, -0.2) is 4.79 Å². The van der Waals surface area contributed by atoms with Gasteiger partial charge in [0.05, 0.1) is 5.92 Å². The van der Waals surface area contributed by atoms with E-state index in [2.05, 4.69) is 0 Å². The summed E-state index contributed by atoms with van der Waals surface area (Å²) in [6.07, 6.45) is 2.68. The molecule has 3 unspecified atom stereocenters. The maximum atomic E-state index is 11.1. The molecule has 2 heterocycles. The molecule has 70 valence electrons. The van der Waals surface area contributed by atoms with E-state index in [1.54, 1.807) is 6.08 Å². The van der Waals surface area contributed by atoms with Gasteiger partial charge in [0, 0.05) is 6.42 Å². The number of fused-ring (bicyclic) bond motifs is 2. The van der Waals surface area contributed by atoms with Crippen LogP contribution in [0.3, 0.4) is 0 Å². The number of Topliss-reactive ketones (excluding diaryl/α,β-unsaturated/α-hetero) is 1. The van der Waals surface area contributed by atoms with Gasteiger partial charge in [0.25, 0.3) is 0 Å². The number of aliphatic hydroxyl groups is 1. The van der Waals surface area contributed by atoms with Crippen LogP contribution in [0.15, 0.2) is 12.2 Å². The van der Waals surface area contributed by atoms with Gasteiger partial charge in [0.15, 0.2) is 5.60 Å². The van der Waals surface area contributed by atoms with E-state index in [1.807, 2.05) is 0 Å². The minimum atomic E-state index is -1.56. The van der Waals surface area contributed by atoms with Gasteiger partial charge in [-0.05, 0) is 19.1 Å². The van der Waals surface area contributed by atoms with Crippen LogP contribution in [0.5, 0.6) is 0 Å². The quantitative estimate of drug-likeness (QED) is 0.451. The summed E-state index contributed by atoms with van der Waals surface area (Å²) in [5, 5.41) is 9.69. The molecule has 13 heavy (non-hydrogen) atoms. The lowest BCUT2D eigenvalue weighted by Crippen LogP contribution is -2.54. The Morgan fingerprint density at radius 1 is 1.77 bits per heavy atom. The van der Waals surface area contributed by atoms with Gasteiger partial charge in [-0.1, -0.05) is 0 Å². The van der Waals surface area contributed by atoms with Crippen molar-refractivity contribution >= 4 is 11.8 Å². The molecular formula is C9H10O4. The second kappa shape index (κ2) is 2.42. The summed E-state index contributed by atoms with van der Waals surface area (Å²) >= 11 is 0. The lowest BCUT2D eigenvalue weighted by molar-refractivity contribution is -0.183. The maximum Gasteiger partial charge on any atom is 0.342 e. The molecule has 4 nitrogen and oxygen atoms in total. The molecule has 3 aliphatic rings. The molecule has 3 rings (SSSR count). The Hall–Kier alpha value is -1.16. The number of carbonyl (C=O) groups excluding carboxylic acids is 2. The van der Waals surface area contributed by atoms with E-state index in [0.717, 1.165) is 0 Å². The van der Waals surface area contributed by atoms with Crippen LogP contribution in [0.4, 0.5) is 0 Å². The molecule has 3 atom stereocenters. The van der Waals surface area contributed by atoms with Crippen LogP contribution in [0.1, 0.15) is 13.3 Å². The first-order valence-corrected chi connectivity index (χ1v) is 4.16. The lowest BCUT2D eigenvalue weighted by atomic mass is 9.77. The van der Waals surface area contributed by atoms with Gasteiger partial charge in [-0.3, -0.25) is 4.79 Å². The van der Waals surface area contributed by atoms with Crippen molar-refractivity contribution in [2.24, 2.45) is 5.92 Å². The molecule has 2 aliphatic heterocycles. The Morgan fingerprint density at radius 2 is 2.46 bits per heavy atom. The number of carbonyl (C=O) groups is 2. The molecule has 0 aromatic rings. The SMILES string of the molecule is CC(=O)C1CC2(O)C=CC1OC2=O. The first kappa shape index (κ1) is 8.44. The molecule has 1 aliphatic carbocycles. The fourth-order valence-electron chi connectivity index (χ4n) is 1.78. The van der Waals surface area contributed by atoms with Gasteiger partial charge in [0.1, 0.15) is 11.9 Å². The highest BCUT2D eigenvalue weighted by Gasteiger charge is 2.50. The van der Waals surface area contributed by atoms with Crippen molar-refractivity contribution in [3.05, 3.63) is 12.2 Å². The zero-order valence-corrected chi connectivity index (χ0v) is 7.19. The molecule has 2 bridgehead atoms. The zero-order valence-electron chi connectivity index (χ0n) is 7.19. The van der Waals surface area contributed by atoms with E-state index in [-0.39, 0.29) is 18.1 Å². The monoisotopic (exact) mass is 182 g/mol. The number of ketones is 1. The second-order valence-electron chi connectivity index (χ2n) is 3.57. The summed E-state index contributed by atoms with van der Waals surface area (Å²) in [6, 6.07) is 0. The number of hydrogen-bond acceptors (Lipinski definition) is 4. The van der Waals surface area contributed by atoms with Gasteiger partial charge in [0.2, 0.25) is 0 Å². The molecular weight excluding hydrogens is 172 g/mol. The van der Waals surface area contributed by atoms with E-state index in [9.17, 15) is 14.7 Å². The van der Waals surface area contributed by atoms with Crippen molar-refractivity contribution in [3.63, 3.8) is 0 Å². The van der Waals surface area contributed by atoms with E-state index in [4.69, 9.17) is 4.74 Å². The third kappa shape index (κ3) is 1.09. The third-order valence-corrected chi connectivity index (χ3v) is 2.61. The van der Waals surface area contributed by atoms with Crippen molar-refractivity contribution in [1.82, 2.24) is 0 Å². The Kier molecular flexibility index (Phi) is 1.57. The molecule has 0 amide bonds. The van der Waals surface area contributed by atoms with Gasteiger partial charge in [-0.15, -0.1) is 0 Å². The van der Waals surface area contributed by atoms with Crippen molar-refractivity contribution in [3.8, 4) is 0 Å². The first-order valence-electron chi connectivity index (χ1n) is 4.16. The highest BCUT2D eigenvalue weighted by molar-refractivity contribution is 5.89. The van der Waals surface area contributed by atoms with Crippen molar-refractivity contribution in [2.75, 3.05) is 0 Å². The summed E-state index contributed by atoms with van der Waals surface area (Å²) in [5.74, 6) is -1.08. The molecule has 0 aromatic heterocycles. The smallest absolute Gasteiger partial charge is 0.342 e. The molecule has 4 heteroatoms. The average molecular weight is 182 g/mol. The Bertz CT molecular complexity index is 307. The molecule has 0 spiro atoms. The van der Waals surface area contributed by atoms with Crippen LogP contribution in [0.2, 0.25) is 0 Å². The van der Waals surface area contributed by atoms with Gasteiger partial charge >= 0.3 is 5.97 Å². The van der Waals surface area contributed by atoms with Crippen LogP contribution in [-0.2, 0) is 14.3 Å². The molecule has 0 aromatic carbocycles. The molecule has 1 saturated heterocycles. The van der Waals surface area contributed by atoms with Crippen molar-refractivity contribution in [1.29, 1.82) is 0 Å². The predicted octanol–water partition coefficient (Wildman–Crippen LogP) is -0.192. The van der Waals surface area contributed by atoms with Crippen LogP contribution >= 0.6 is 0 Å². The standard InChI is InChI=1S/C9H10O4/c1-5(10)6-4-9(12)3-2-7(6)13-8(9)11/h2-3,6-7,12H,4H2,1H3. The predicted molar refractivity (Wildman–Crippen MR) is 42.8 cm³/mol. The van der Waals surface area contributed by atoms with Gasteiger partial charge < -0.3 is 9.84 Å². The summed E-state index contributed by atoms with van der Waals surface area (Å²) in [6.45, 7) is 1.44. The minimum Gasteiger partial charge on any atom is -0.455 e. The second-order valence-corrected chi connectivity index (χ2v) is 3.57. The third-order valence-electron chi connectivity index (χ3n) is 2.61. The van der Waals surface area contributed by atoms with E-state index in [0.29, 0.717) is 0 Å². The van der Waals surface area contributed by atoms with Crippen LogP contribution in [0.25, 0.3) is 0 Å². The van der Waals surface area contributed by atoms with Crippen LogP contribution in [0, 0.1) is 5.92 Å². The Labute approximate surface area is 75.2 Å². The van der Waals surface area contributed by atoms with Gasteiger partial charge in [-0.2, -0.15) is 0 Å². The first-order chi connectivity index (χ1) is 6.03. The summed E-state index contributed by atoms with van der Waals surface area (Å²) in [4.78, 5) is 22.2. The van der Waals surface area contributed by atoms with E-state index >= 15 is 0 Å². The number of ether oxygens (including phenoxy) is 1. The molecule has 0 radical (unpaired) electrons. The highest BCUT2D eigenvalue weighted by Crippen LogP contribution is 2.36. The van der Waals surface area contributed by atoms with Crippen LogP contribution < -0.4 is 0 Å². The number of hydrogen-bond donors (Lipinski definition) is 1.